The first-order valence-electron chi connectivity index (χ1n) is 14.5. The van der Waals surface area contributed by atoms with E-state index in [2.05, 4.69) is 33.4 Å². The second kappa shape index (κ2) is 12.3. The highest BCUT2D eigenvalue weighted by Crippen LogP contribution is 2.44. The Morgan fingerprint density at radius 3 is 2.60 bits per heavy atom. The Hall–Kier alpha value is -3.69. The number of halogens is 1. The predicted octanol–water partition coefficient (Wildman–Crippen LogP) is 5.62. The molecule has 2 atom stereocenters. The van der Waals surface area contributed by atoms with Crippen molar-refractivity contribution in [2.75, 3.05) is 26.2 Å². The fourth-order valence-electron chi connectivity index (χ4n) is 5.70. The maximum Gasteiger partial charge on any atom is 0.410 e. The van der Waals surface area contributed by atoms with E-state index in [9.17, 15) is 9.59 Å². The number of pyridine rings is 1. The SMILES string of the molecule is CCCC(=O)NC(C1=Cc2cccnc2C(N2CCN(C(=O)OC(C)(C)C)CC2)c2ccc(Cl)cc21)c1cncn1C. The molecule has 1 saturated heterocycles. The summed E-state index contributed by atoms with van der Waals surface area (Å²) in [6.45, 7) is 10.0. The van der Waals surface area contributed by atoms with Gasteiger partial charge in [0, 0.05) is 50.9 Å². The zero-order valence-corrected chi connectivity index (χ0v) is 25.7. The number of aromatic nitrogens is 3. The van der Waals surface area contributed by atoms with Gasteiger partial charge in [-0.15, -0.1) is 0 Å². The first kappa shape index (κ1) is 29.8. The van der Waals surface area contributed by atoms with E-state index in [1.54, 1.807) is 17.4 Å². The van der Waals surface area contributed by atoms with Crippen molar-refractivity contribution >= 4 is 35.3 Å². The van der Waals surface area contributed by atoms with Crippen molar-refractivity contribution < 1.29 is 14.3 Å². The lowest BCUT2D eigenvalue weighted by Gasteiger charge is -2.40. The molecule has 222 valence electrons. The molecule has 2 unspecified atom stereocenters. The number of aryl methyl sites for hydroxylation is 1. The Balaban J connectivity index is 1.58. The molecular formula is C32H39ClN6O3. The number of rotatable bonds is 6. The van der Waals surface area contributed by atoms with Crippen LogP contribution in [0.15, 0.2) is 49.1 Å². The Bertz CT molecular complexity index is 1490. The fourth-order valence-corrected chi connectivity index (χ4v) is 5.88. The summed E-state index contributed by atoms with van der Waals surface area (Å²) < 4.78 is 7.56. The summed E-state index contributed by atoms with van der Waals surface area (Å²) in [4.78, 5) is 39.2. The van der Waals surface area contributed by atoms with Crippen molar-refractivity contribution in [1.82, 2.24) is 29.7 Å². The third-order valence-electron chi connectivity index (χ3n) is 7.64. The second-order valence-corrected chi connectivity index (χ2v) is 12.3. The number of ether oxygens (including phenoxy) is 1. The molecule has 1 fully saturated rings. The van der Waals surface area contributed by atoms with Crippen molar-refractivity contribution in [2.24, 2.45) is 7.05 Å². The Labute approximate surface area is 252 Å². The quantitative estimate of drug-likeness (QED) is 0.400. The van der Waals surface area contributed by atoms with E-state index in [1.165, 1.54) is 0 Å². The van der Waals surface area contributed by atoms with Gasteiger partial charge in [0.25, 0.3) is 0 Å². The molecule has 0 spiro atoms. The molecule has 0 saturated carbocycles. The van der Waals surface area contributed by atoms with Crippen LogP contribution in [-0.2, 0) is 16.6 Å². The fraction of sp³-hybridized carbons (Fsp3) is 0.438. The van der Waals surface area contributed by atoms with E-state index < -0.39 is 11.6 Å². The molecule has 0 bridgehead atoms. The highest BCUT2D eigenvalue weighted by molar-refractivity contribution is 6.30. The summed E-state index contributed by atoms with van der Waals surface area (Å²) >= 11 is 6.64. The number of carbonyl (C=O) groups excluding carboxylic acids is 2. The van der Waals surface area contributed by atoms with Crippen LogP contribution in [0.3, 0.4) is 0 Å². The number of amides is 2. The van der Waals surface area contributed by atoms with Crippen LogP contribution >= 0.6 is 11.6 Å². The van der Waals surface area contributed by atoms with Crippen LogP contribution in [0.2, 0.25) is 5.02 Å². The van der Waals surface area contributed by atoms with Crippen LogP contribution in [0.5, 0.6) is 0 Å². The van der Waals surface area contributed by atoms with Crippen molar-refractivity contribution in [2.45, 2.75) is 58.2 Å². The van der Waals surface area contributed by atoms with Crippen LogP contribution in [0, 0.1) is 0 Å². The van der Waals surface area contributed by atoms with Crippen LogP contribution < -0.4 is 5.32 Å². The zero-order valence-electron chi connectivity index (χ0n) is 24.9. The maximum absolute atomic E-state index is 13.0. The minimum absolute atomic E-state index is 0.0290. The van der Waals surface area contributed by atoms with Crippen molar-refractivity contribution in [1.29, 1.82) is 0 Å². The summed E-state index contributed by atoms with van der Waals surface area (Å²) in [5.41, 5.74) is 5.13. The van der Waals surface area contributed by atoms with Gasteiger partial charge in [-0.3, -0.25) is 14.7 Å². The van der Waals surface area contributed by atoms with Gasteiger partial charge in [-0.05, 0) is 73.7 Å². The molecule has 1 N–H and O–H groups in total. The molecule has 2 amide bonds. The summed E-state index contributed by atoms with van der Waals surface area (Å²) in [7, 11) is 1.93. The Morgan fingerprint density at radius 1 is 1.17 bits per heavy atom. The van der Waals surface area contributed by atoms with E-state index in [0.29, 0.717) is 37.6 Å². The smallest absolute Gasteiger partial charge is 0.410 e. The largest absolute Gasteiger partial charge is 0.444 e. The number of imidazole rings is 1. The van der Waals surface area contributed by atoms with Gasteiger partial charge >= 0.3 is 6.09 Å². The number of benzene rings is 1. The molecule has 3 aromatic rings. The molecule has 42 heavy (non-hydrogen) atoms. The van der Waals surface area contributed by atoms with E-state index in [4.69, 9.17) is 21.3 Å². The monoisotopic (exact) mass is 590 g/mol. The van der Waals surface area contributed by atoms with Gasteiger partial charge in [-0.1, -0.05) is 30.7 Å². The number of nitrogens with one attached hydrogen (secondary N) is 1. The minimum Gasteiger partial charge on any atom is -0.444 e. The van der Waals surface area contributed by atoms with Gasteiger partial charge in [0.2, 0.25) is 5.91 Å². The number of nitrogens with zero attached hydrogens (tertiary/aromatic N) is 5. The summed E-state index contributed by atoms with van der Waals surface area (Å²) in [5, 5.41) is 3.88. The first-order valence-corrected chi connectivity index (χ1v) is 14.9. The van der Waals surface area contributed by atoms with Crippen molar-refractivity contribution in [3.05, 3.63) is 82.2 Å². The number of carbonyl (C=O) groups is 2. The van der Waals surface area contributed by atoms with Crippen LogP contribution in [0.4, 0.5) is 4.79 Å². The second-order valence-electron chi connectivity index (χ2n) is 11.9. The molecule has 10 heteroatoms. The van der Waals surface area contributed by atoms with Crippen LogP contribution in [0.25, 0.3) is 11.6 Å². The lowest BCUT2D eigenvalue weighted by molar-refractivity contribution is -0.121. The lowest BCUT2D eigenvalue weighted by Crippen LogP contribution is -2.51. The summed E-state index contributed by atoms with van der Waals surface area (Å²) in [6, 6.07) is 9.31. The number of fused-ring (bicyclic) bond motifs is 2. The topological polar surface area (TPSA) is 92.6 Å². The standard InChI is InChI=1S/C32H39ClN6O3/c1-6-8-27(40)36-29(26-19-34-20-37(26)5)25-17-21-9-7-12-35-28(21)30(23-11-10-22(33)18-24(23)25)38-13-15-39(16-14-38)31(41)42-32(2,3)4/h7,9-12,17-20,29-30H,6,8,13-16H2,1-5H3,(H,36,40). The van der Waals surface area contributed by atoms with E-state index in [0.717, 1.165) is 40.1 Å². The molecule has 1 aliphatic carbocycles. The zero-order chi connectivity index (χ0) is 30.0. The Morgan fingerprint density at radius 2 is 1.93 bits per heavy atom. The van der Waals surface area contributed by atoms with E-state index in [-0.39, 0.29) is 18.0 Å². The molecule has 9 nitrogen and oxygen atoms in total. The average Bonchev–Trinajstić information content (AvgIpc) is 3.31. The average molecular weight is 591 g/mol. The number of hydrogen-bond donors (Lipinski definition) is 1. The van der Waals surface area contributed by atoms with Crippen molar-refractivity contribution in [3.8, 4) is 0 Å². The van der Waals surface area contributed by atoms with E-state index >= 15 is 0 Å². The maximum atomic E-state index is 13.0. The van der Waals surface area contributed by atoms with Crippen LogP contribution in [0.1, 0.15) is 80.7 Å². The third kappa shape index (κ3) is 6.37. The third-order valence-corrected chi connectivity index (χ3v) is 7.87. The highest BCUT2D eigenvalue weighted by Gasteiger charge is 2.36. The number of hydrogen-bond acceptors (Lipinski definition) is 6. The molecule has 0 radical (unpaired) electrons. The molecule has 2 aliphatic rings. The minimum atomic E-state index is -0.546. The summed E-state index contributed by atoms with van der Waals surface area (Å²) in [6.07, 6.45) is 8.36. The predicted molar refractivity (Wildman–Crippen MR) is 164 cm³/mol. The Kier molecular flexibility index (Phi) is 8.70. The van der Waals surface area contributed by atoms with Gasteiger partial charge in [-0.25, -0.2) is 9.78 Å². The van der Waals surface area contributed by atoms with Gasteiger partial charge < -0.3 is 19.5 Å². The normalized spacial score (nSPS) is 17.9. The van der Waals surface area contributed by atoms with Gasteiger partial charge in [0.1, 0.15) is 5.60 Å². The molecular weight excluding hydrogens is 552 g/mol. The van der Waals surface area contributed by atoms with Gasteiger partial charge in [-0.2, -0.15) is 0 Å². The molecule has 1 aromatic carbocycles. The van der Waals surface area contributed by atoms with Gasteiger partial charge in [0.05, 0.1) is 36.0 Å². The van der Waals surface area contributed by atoms with Crippen molar-refractivity contribution in [3.63, 3.8) is 0 Å². The number of piperazine rings is 1. The highest BCUT2D eigenvalue weighted by atomic mass is 35.5. The first-order chi connectivity index (χ1) is 20.1. The van der Waals surface area contributed by atoms with Gasteiger partial charge in [0.15, 0.2) is 0 Å². The lowest BCUT2D eigenvalue weighted by atomic mass is 9.89. The molecule has 1 aliphatic heterocycles. The molecule has 3 heterocycles. The van der Waals surface area contributed by atoms with E-state index in [1.807, 2.05) is 63.7 Å². The molecule has 5 rings (SSSR count). The molecule has 2 aromatic heterocycles. The van der Waals surface area contributed by atoms with Crippen LogP contribution in [-0.4, -0.2) is 68.1 Å². The summed E-state index contributed by atoms with van der Waals surface area (Å²) in [5.74, 6) is -0.0290.